The molecule has 0 saturated heterocycles. The third-order valence-corrected chi connectivity index (χ3v) is 5.47. The van der Waals surface area contributed by atoms with Crippen LogP contribution in [0.4, 0.5) is 11.4 Å². The molecule has 0 saturated carbocycles. The SMILES string of the molecule is CC[C@H](C)N1C(=O)c2ccccc2N[C@H]1c1ccc(N(CC)CC)cc1O. The third-order valence-electron chi connectivity index (χ3n) is 5.47. The van der Waals surface area contributed by atoms with E-state index in [0.29, 0.717) is 11.1 Å². The number of benzene rings is 2. The van der Waals surface area contributed by atoms with Gasteiger partial charge in [0.25, 0.3) is 5.91 Å². The van der Waals surface area contributed by atoms with Gasteiger partial charge in [0.15, 0.2) is 0 Å². The van der Waals surface area contributed by atoms with Gasteiger partial charge in [-0.2, -0.15) is 0 Å². The second kappa shape index (κ2) is 7.91. The van der Waals surface area contributed by atoms with E-state index in [9.17, 15) is 9.90 Å². The maximum absolute atomic E-state index is 13.2. The molecule has 27 heavy (non-hydrogen) atoms. The first kappa shape index (κ1) is 19.1. The molecule has 5 nitrogen and oxygen atoms in total. The summed E-state index contributed by atoms with van der Waals surface area (Å²) < 4.78 is 0. The van der Waals surface area contributed by atoms with Crippen LogP contribution in [0, 0.1) is 0 Å². The van der Waals surface area contributed by atoms with Gasteiger partial charge in [0.05, 0.1) is 5.56 Å². The summed E-state index contributed by atoms with van der Waals surface area (Å²) in [7, 11) is 0. The average molecular weight is 367 g/mol. The lowest BCUT2D eigenvalue weighted by Crippen LogP contribution is -2.47. The summed E-state index contributed by atoms with van der Waals surface area (Å²) in [6, 6.07) is 13.3. The van der Waals surface area contributed by atoms with Crippen molar-refractivity contribution in [3.63, 3.8) is 0 Å². The molecule has 2 aromatic carbocycles. The van der Waals surface area contributed by atoms with Gasteiger partial charge in [-0.25, -0.2) is 0 Å². The van der Waals surface area contributed by atoms with Crippen molar-refractivity contribution in [1.29, 1.82) is 0 Å². The number of phenolic OH excluding ortho intramolecular Hbond substituents is 1. The number of hydrogen-bond acceptors (Lipinski definition) is 4. The molecule has 5 heteroatoms. The molecule has 0 aromatic heterocycles. The number of para-hydroxylation sites is 1. The summed E-state index contributed by atoms with van der Waals surface area (Å²) in [6.07, 6.45) is 0.442. The monoisotopic (exact) mass is 367 g/mol. The number of hydrogen-bond donors (Lipinski definition) is 2. The molecule has 0 bridgehead atoms. The van der Waals surface area contributed by atoms with Crippen molar-refractivity contribution in [3.8, 4) is 5.75 Å². The molecule has 0 unspecified atom stereocenters. The van der Waals surface area contributed by atoms with E-state index in [-0.39, 0.29) is 17.7 Å². The van der Waals surface area contributed by atoms with Gasteiger partial charge in [-0.05, 0) is 51.5 Å². The molecule has 1 amide bonds. The van der Waals surface area contributed by atoms with Crippen molar-refractivity contribution in [1.82, 2.24) is 4.90 Å². The quantitative estimate of drug-likeness (QED) is 0.783. The van der Waals surface area contributed by atoms with Gasteiger partial charge in [0.2, 0.25) is 0 Å². The molecule has 0 spiro atoms. The van der Waals surface area contributed by atoms with E-state index in [4.69, 9.17) is 0 Å². The summed E-state index contributed by atoms with van der Waals surface area (Å²) in [4.78, 5) is 17.2. The van der Waals surface area contributed by atoms with Crippen LogP contribution in [-0.4, -0.2) is 35.0 Å². The fourth-order valence-corrected chi connectivity index (χ4v) is 3.70. The smallest absolute Gasteiger partial charge is 0.258 e. The van der Waals surface area contributed by atoms with Crippen LogP contribution >= 0.6 is 0 Å². The lowest BCUT2D eigenvalue weighted by Gasteiger charge is -2.41. The first-order valence-corrected chi connectivity index (χ1v) is 9.77. The summed E-state index contributed by atoms with van der Waals surface area (Å²) in [5.74, 6) is 0.202. The normalized spacial score (nSPS) is 17.3. The van der Waals surface area contributed by atoms with E-state index < -0.39 is 6.17 Å². The second-order valence-corrected chi connectivity index (χ2v) is 6.98. The predicted octanol–water partition coefficient (Wildman–Crippen LogP) is 4.60. The Hall–Kier alpha value is -2.69. The number of anilines is 2. The van der Waals surface area contributed by atoms with E-state index >= 15 is 0 Å². The molecule has 2 N–H and O–H groups in total. The molecule has 2 atom stereocenters. The molecular weight excluding hydrogens is 338 g/mol. The van der Waals surface area contributed by atoms with Gasteiger partial charge in [-0.3, -0.25) is 4.79 Å². The van der Waals surface area contributed by atoms with Gasteiger partial charge in [-0.15, -0.1) is 0 Å². The largest absolute Gasteiger partial charge is 0.507 e. The number of nitrogens with one attached hydrogen (secondary N) is 1. The predicted molar refractivity (Wildman–Crippen MR) is 110 cm³/mol. The molecule has 144 valence electrons. The Labute approximate surface area is 161 Å². The van der Waals surface area contributed by atoms with Crippen LogP contribution in [0.25, 0.3) is 0 Å². The van der Waals surface area contributed by atoms with Gasteiger partial charge in [0.1, 0.15) is 11.9 Å². The minimum atomic E-state index is -0.395. The summed E-state index contributed by atoms with van der Waals surface area (Å²) in [5.41, 5.74) is 3.18. The fraction of sp³-hybridized carbons (Fsp3) is 0.409. The molecule has 0 aliphatic carbocycles. The van der Waals surface area contributed by atoms with E-state index in [0.717, 1.165) is 30.9 Å². The number of fused-ring (bicyclic) bond motifs is 1. The number of carbonyl (C=O) groups is 1. The molecule has 3 rings (SSSR count). The molecule has 0 fully saturated rings. The van der Waals surface area contributed by atoms with Gasteiger partial charge < -0.3 is 20.2 Å². The maximum atomic E-state index is 13.2. The van der Waals surface area contributed by atoms with Crippen molar-refractivity contribution in [2.24, 2.45) is 0 Å². The first-order chi connectivity index (χ1) is 13.0. The van der Waals surface area contributed by atoms with E-state index in [1.807, 2.05) is 48.2 Å². The van der Waals surface area contributed by atoms with E-state index in [1.54, 1.807) is 6.07 Å². The Kier molecular flexibility index (Phi) is 5.59. The number of aromatic hydroxyl groups is 1. The standard InChI is InChI=1S/C22H29N3O2/c1-5-15(4)25-21(23-19-11-9-8-10-17(19)22(25)27)18-13-12-16(14-20(18)26)24(6-2)7-3/h8-15,21,23,26H,5-7H2,1-4H3/t15-,21+/m0/s1. The molecule has 2 aromatic rings. The Morgan fingerprint density at radius 2 is 1.85 bits per heavy atom. The molecule has 1 aliphatic rings. The van der Waals surface area contributed by atoms with Crippen LogP contribution in [0.2, 0.25) is 0 Å². The zero-order chi connectivity index (χ0) is 19.6. The summed E-state index contributed by atoms with van der Waals surface area (Å²) in [6.45, 7) is 10.1. The summed E-state index contributed by atoms with van der Waals surface area (Å²) in [5, 5.41) is 14.2. The van der Waals surface area contributed by atoms with Gasteiger partial charge in [0, 0.05) is 42.1 Å². The average Bonchev–Trinajstić information content (AvgIpc) is 2.68. The first-order valence-electron chi connectivity index (χ1n) is 9.77. The van der Waals surface area contributed by atoms with Crippen LogP contribution in [0.1, 0.15) is 56.2 Å². The fourth-order valence-electron chi connectivity index (χ4n) is 3.70. The van der Waals surface area contributed by atoms with Crippen LogP contribution in [-0.2, 0) is 0 Å². The Morgan fingerprint density at radius 3 is 2.48 bits per heavy atom. The van der Waals surface area contributed by atoms with Crippen LogP contribution < -0.4 is 10.2 Å². The van der Waals surface area contributed by atoms with Crippen molar-refractivity contribution < 1.29 is 9.90 Å². The van der Waals surface area contributed by atoms with Crippen LogP contribution in [0.3, 0.4) is 0 Å². The van der Waals surface area contributed by atoms with E-state index in [1.165, 1.54) is 0 Å². The summed E-state index contributed by atoms with van der Waals surface area (Å²) >= 11 is 0. The molecule has 0 radical (unpaired) electrons. The van der Waals surface area contributed by atoms with E-state index in [2.05, 4.69) is 31.0 Å². The highest BCUT2D eigenvalue weighted by molar-refractivity contribution is 6.02. The number of amides is 1. The topological polar surface area (TPSA) is 55.8 Å². The van der Waals surface area contributed by atoms with Crippen molar-refractivity contribution >= 4 is 17.3 Å². The molecule has 1 heterocycles. The maximum Gasteiger partial charge on any atom is 0.258 e. The third kappa shape index (κ3) is 3.46. The number of phenols is 1. The second-order valence-electron chi connectivity index (χ2n) is 6.98. The highest BCUT2D eigenvalue weighted by Crippen LogP contribution is 2.39. The van der Waals surface area contributed by atoms with Crippen LogP contribution in [0.5, 0.6) is 5.75 Å². The van der Waals surface area contributed by atoms with Crippen LogP contribution in [0.15, 0.2) is 42.5 Å². The number of carbonyl (C=O) groups excluding carboxylic acids is 1. The zero-order valence-electron chi connectivity index (χ0n) is 16.6. The Morgan fingerprint density at radius 1 is 1.15 bits per heavy atom. The molecule has 1 aliphatic heterocycles. The van der Waals surface area contributed by atoms with Crippen molar-refractivity contribution in [3.05, 3.63) is 53.6 Å². The lowest BCUT2D eigenvalue weighted by atomic mass is 10.00. The Balaban J connectivity index is 2.04. The highest BCUT2D eigenvalue weighted by atomic mass is 16.3. The highest BCUT2D eigenvalue weighted by Gasteiger charge is 2.36. The number of rotatable bonds is 6. The van der Waals surface area contributed by atoms with Crippen molar-refractivity contribution in [2.45, 2.75) is 46.3 Å². The van der Waals surface area contributed by atoms with Gasteiger partial charge in [-0.1, -0.05) is 19.1 Å². The molecular formula is C22H29N3O2. The minimum absolute atomic E-state index is 0.00378. The Bertz CT molecular complexity index is 817. The number of nitrogens with zero attached hydrogens (tertiary/aromatic N) is 2. The van der Waals surface area contributed by atoms with Gasteiger partial charge >= 0.3 is 0 Å². The lowest BCUT2D eigenvalue weighted by molar-refractivity contribution is 0.0591. The van der Waals surface area contributed by atoms with Crippen molar-refractivity contribution in [2.75, 3.05) is 23.3 Å². The minimum Gasteiger partial charge on any atom is -0.507 e. The zero-order valence-corrected chi connectivity index (χ0v) is 16.6.